The van der Waals surface area contributed by atoms with E-state index in [2.05, 4.69) is 69.6 Å². The number of aromatic amines is 3. The number of nitrogens with zero attached hydrogens (tertiary/aromatic N) is 15. The molecule has 0 atom stereocenters. The minimum atomic E-state index is -3.43. The first kappa shape index (κ1) is 61.5. The van der Waals surface area contributed by atoms with Crippen LogP contribution in [0.1, 0.15) is 22.8 Å². The second-order valence-corrected chi connectivity index (χ2v) is 24.5. The zero-order valence-corrected chi connectivity index (χ0v) is 51.5. The van der Waals surface area contributed by atoms with Crippen molar-refractivity contribution in [1.82, 2.24) is 73.9 Å². The number of sulfonamides is 1. The maximum absolute atomic E-state index is 13.3. The summed E-state index contributed by atoms with van der Waals surface area (Å²) in [4.78, 5) is 83.9. The molecule has 9 N–H and O–H groups in total. The topological polar surface area (TPSA) is 329 Å². The SMILES string of the molecule is CC(=O)N1CCN(c2nc(N)nc3[nH]c(-c4ccc(F)cc4)nc23)CC1.Nc1nc(N2CCN(C(=O)c3cccc4ccccc34)CC2)c2nc(-c3ccc(F)cc3)[nH]c2n1.Nc1nc(N2CCN(S(=O)(=O)Cc3ccccc3)CC2)c2nc(-c3ccc(F)cc3)[nH]c2n1. The molecule has 12 aromatic rings. The Morgan fingerprint density at radius 3 is 1.22 bits per heavy atom. The number of nitrogen functional groups attached to an aromatic ring is 3. The maximum atomic E-state index is 13.3. The number of benzene rings is 6. The van der Waals surface area contributed by atoms with Gasteiger partial charge in [-0.2, -0.15) is 34.2 Å². The van der Waals surface area contributed by atoms with Gasteiger partial charge in [-0.3, -0.25) is 9.59 Å². The molecule has 0 aliphatic carbocycles. The van der Waals surface area contributed by atoms with Crippen LogP contribution in [0.15, 0.2) is 146 Å². The molecule has 0 bridgehead atoms. The molecular formula is C65H62F3N21O4S. The standard InChI is InChI=1S/C26H22FN7O.C22H22FN7O2S.C17H18FN7O/c27-18-10-8-17(9-11-18)22-29-21-23(30-22)31-26(28)32-24(21)33-12-14-34(15-13-33)25(35)20-7-3-5-16-4-1-2-6-19(16)20;23-17-8-6-16(7-9-17)19-25-18-20(26-19)27-22(24)28-21(18)29-10-12-30(13-11-29)33(31,32)14-15-4-2-1-3-5-15;1-10(26)24-6-8-25(9-7-24)16-13-15(22-17(19)23-16)21-14(20-13)11-2-4-12(18)5-3-11/h1-11H,12-15H2,(H3,28,29,30,31,32);1-9H,10-14H2,(H3,24,25,26,27,28);2-5H,6-9H2,1H3,(H3,19,20,21,22,23). The predicted molar refractivity (Wildman–Crippen MR) is 354 cm³/mol. The average molecular weight is 1290 g/mol. The second kappa shape index (κ2) is 26.1. The number of hydrogen-bond acceptors (Lipinski definition) is 19. The Kier molecular flexibility index (Phi) is 17.1. The summed E-state index contributed by atoms with van der Waals surface area (Å²) in [5, 5.41) is 2.00. The number of amides is 2. The fourth-order valence-electron chi connectivity index (χ4n) is 11.6. The van der Waals surface area contributed by atoms with Crippen molar-refractivity contribution in [1.29, 1.82) is 0 Å². The number of nitrogens with two attached hydrogens (primary N) is 3. The first-order valence-corrected chi connectivity index (χ1v) is 31.7. The molecule has 0 unspecified atom stereocenters. The number of imidazole rings is 3. The summed E-state index contributed by atoms with van der Waals surface area (Å²) in [6, 6.07) is 41.0. The van der Waals surface area contributed by atoms with Crippen molar-refractivity contribution in [3.63, 3.8) is 0 Å². The molecule has 9 heterocycles. The van der Waals surface area contributed by atoms with Crippen molar-refractivity contribution in [3.8, 4) is 34.2 Å². The van der Waals surface area contributed by atoms with E-state index in [1.54, 1.807) is 48.2 Å². The molecule has 6 aromatic carbocycles. The van der Waals surface area contributed by atoms with Crippen LogP contribution in [0.5, 0.6) is 0 Å². The van der Waals surface area contributed by atoms with Crippen molar-refractivity contribution < 1.29 is 31.2 Å². The van der Waals surface area contributed by atoms with Gasteiger partial charge in [0.1, 0.15) is 34.9 Å². The minimum absolute atomic E-state index is 0.0205. The average Bonchev–Trinajstić information content (AvgIpc) is 1.58. The van der Waals surface area contributed by atoms with Crippen LogP contribution in [0, 0.1) is 17.5 Å². The lowest BCUT2D eigenvalue weighted by Crippen LogP contribution is -2.49. The van der Waals surface area contributed by atoms with Gasteiger partial charge < -0.3 is 56.7 Å². The number of piperazine rings is 3. The molecule has 0 saturated carbocycles. The fraction of sp³-hybridized carbons (Fsp3) is 0.215. The molecule has 15 rings (SSSR count). The van der Waals surface area contributed by atoms with Gasteiger partial charge >= 0.3 is 0 Å². The number of nitrogens with one attached hydrogen (secondary N) is 3. The van der Waals surface area contributed by atoms with E-state index in [1.165, 1.54) is 40.7 Å². The Morgan fingerprint density at radius 2 is 0.809 bits per heavy atom. The number of rotatable bonds is 10. The third kappa shape index (κ3) is 13.2. The van der Waals surface area contributed by atoms with Gasteiger partial charge in [-0.05, 0) is 95.2 Å². The number of carbonyl (C=O) groups is 2. The summed E-state index contributed by atoms with van der Waals surface area (Å²) in [7, 11) is -3.43. The van der Waals surface area contributed by atoms with Crippen LogP contribution < -0.4 is 31.9 Å². The number of H-pyrrole nitrogens is 3. The van der Waals surface area contributed by atoms with Gasteiger partial charge in [-0.15, -0.1) is 0 Å². The van der Waals surface area contributed by atoms with Crippen LogP contribution >= 0.6 is 0 Å². The molecular weight excluding hydrogens is 1230 g/mol. The van der Waals surface area contributed by atoms with Crippen molar-refractivity contribution in [3.05, 3.63) is 174 Å². The molecule has 6 aromatic heterocycles. The summed E-state index contributed by atoms with van der Waals surface area (Å²) in [6.07, 6.45) is 0. The number of fused-ring (bicyclic) bond motifs is 4. The third-order valence-electron chi connectivity index (χ3n) is 16.4. The van der Waals surface area contributed by atoms with E-state index in [-0.39, 0.29) is 52.9 Å². The van der Waals surface area contributed by atoms with Crippen LogP contribution in [-0.2, 0) is 20.6 Å². The van der Waals surface area contributed by atoms with Gasteiger partial charge in [0.25, 0.3) is 5.91 Å². The van der Waals surface area contributed by atoms with E-state index >= 15 is 0 Å². The normalized spacial score (nSPS) is 14.7. The number of aromatic nitrogens is 12. The van der Waals surface area contributed by atoms with Gasteiger partial charge in [0.05, 0.1) is 5.75 Å². The largest absolute Gasteiger partial charge is 0.368 e. The highest BCUT2D eigenvalue weighted by Gasteiger charge is 2.31. The number of hydrogen-bond donors (Lipinski definition) is 6. The van der Waals surface area contributed by atoms with E-state index < -0.39 is 10.0 Å². The van der Waals surface area contributed by atoms with Crippen molar-refractivity contribution in [2.45, 2.75) is 12.7 Å². The van der Waals surface area contributed by atoms with Crippen LogP contribution in [0.2, 0.25) is 0 Å². The summed E-state index contributed by atoms with van der Waals surface area (Å²) in [6.45, 7) is 7.90. The summed E-state index contributed by atoms with van der Waals surface area (Å²) in [5.41, 5.74) is 24.7. The molecule has 3 aliphatic heterocycles. The molecule has 3 fully saturated rings. The number of halogens is 3. The van der Waals surface area contributed by atoms with Gasteiger partial charge in [0.2, 0.25) is 33.8 Å². The highest BCUT2D eigenvalue weighted by Crippen LogP contribution is 2.32. The van der Waals surface area contributed by atoms with Crippen LogP contribution in [0.25, 0.3) is 78.4 Å². The zero-order valence-electron chi connectivity index (χ0n) is 50.7. The highest BCUT2D eigenvalue weighted by molar-refractivity contribution is 7.88. The van der Waals surface area contributed by atoms with Gasteiger partial charge in [0, 0.05) is 108 Å². The molecule has 0 radical (unpaired) electrons. The van der Waals surface area contributed by atoms with Gasteiger partial charge in [0.15, 0.2) is 50.9 Å². The zero-order chi connectivity index (χ0) is 65.2. The van der Waals surface area contributed by atoms with Crippen molar-refractivity contribution >= 4 is 101 Å². The van der Waals surface area contributed by atoms with Crippen molar-refractivity contribution in [2.24, 2.45) is 0 Å². The lowest BCUT2D eigenvalue weighted by Gasteiger charge is -2.35. The molecule has 3 aliphatic rings. The maximum Gasteiger partial charge on any atom is 0.254 e. The minimum Gasteiger partial charge on any atom is -0.368 e. The lowest BCUT2D eigenvalue weighted by atomic mass is 10.0. The Labute approximate surface area is 535 Å². The molecule has 29 heteroatoms. The fourth-order valence-corrected chi connectivity index (χ4v) is 13.1. The molecule has 3 saturated heterocycles. The number of anilines is 6. The lowest BCUT2D eigenvalue weighted by molar-refractivity contribution is -0.129. The van der Waals surface area contributed by atoms with Gasteiger partial charge in [-0.25, -0.2) is 36.5 Å². The van der Waals surface area contributed by atoms with Crippen LogP contribution in [0.4, 0.5) is 48.5 Å². The van der Waals surface area contributed by atoms with Crippen molar-refractivity contribution in [2.75, 3.05) is 110 Å². The third-order valence-corrected chi connectivity index (χ3v) is 18.3. The van der Waals surface area contributed by atoms with Crippen LogP contribution in [0.3, 0.4) is 0 Å². The monoisotopic (exact) mass is 1290 g/mol. The molecule has 478 valence electrons. The predicted octanol–water partition coefficient (Wildman–Crippen LogP) is 7.66. The molecule has 25 nitrogen and oxygen atoms in total. The first-order valence-electron chi connectivity index (χ1n) is 30.1. The summed E-state index contributed by atoms with van der Waals surface area (Å²) < 4.78 is 67.0. The van der Waals surface area contributed by atoms with E-state index in [9.17, 15) is 31.2 Å². The molecule has 94 heavy (non-hydrogen) atoms. The van der Waals surface area contributed by atoms with Crippen LogP contribution in [-0.4, -0.2) is 173 Å². The van der Waals surface area contributed by atoms with E-state index in [4.69, 9.17) is 17.2 Å². The highest BCUT2D eigenvalue weighted by atomic mass is 32.2. The summed E-state index contributed by atoms with van der Waals surface area (Å²) in [5.74, 6) is 2.93. The van der Waals surface area contributed by atoms with E-state index in [0.29, 0.717) is 158 Å². The Balaban J connectivity index is 0.000000130. The van der Waals surface area contributed by atoms with E-state index in [0.717, 1.165) is 27.5 Å². The van der Waals surface area contributed by atoms with E-state index in [1.807, 2.05) is 82.6 Å². The Bertz CT molecular complexity index is 4860. The molecule has 0 spiro atoms. The molecule has 2 amide bonds. The Morgan fingerprint density at radius 1 is 0.436 bits per heavy atom. The smallest absolute Gasteiger partial charge is 0.254 e. The quantitative estimate of drug-likeness (QED) is 0.0765. The summed E-state index contributed by atoms with van der Waals surface area (Å²) >= 11 is 0. The Hall–Kier alpha value is -11.3. The number of carbonyl (C=O) groups excluding carboxylic acids is 2. The second-order valence-electron chi connectivity index (χ2n) is 22.5. The first-order chi connectivity index (χ1) is 45.5. The van der Waals surface area contributed by atoms with Gasteiger partial charge in [-0.1, -0.05) is 66.7 Å².